The average Bonchev–Trinajstić information content (AvgIpc) is 3.22. The number of hydrogen-bond acceptors (Lipinski definition) is 4. The molecule has 0 bridgehead atoms. The van der Waals surface area contributed by atoms with Crippen LogP contribution >= 0.6 is 0 Å². The maximum Gasteiger partial charge on any atom is 0.308 e. The molecule has 0 unspecified atom stereocenters. The van der Waals surface area contributed by atoms with Gasteiger partial charge >= 0.3 is 5.97 Å². The number of ether oxygens (including phenoxy) is 1. The third-order valence-electron chi connectivity index (χ3n) is 4.46. The molecule has 1 N–H and O–H groups in total. The van der Waals surface area contributed by atoms with E-state index >= 15 is 0 Å². The maximum atomic E-state index is 12.1. The van der Waals surface area contributed by atoms with E-state index in [1.54, 1.807) is 23.1 Å². The number of anilines is 1. The minimum Gasteiger partial charge on any atom is -0.484 e. The highest BCUT2D eigenvalue weighted by atomic mass is 16.5. The topological polar surface area (TPSA) is 87.2 Å². The highest BCUT2D eigenvalue weighted by molar-refractivity contribution is 5.95. The Balaban J connectivity index is 1.56. The van der Waals surface area contributed by atoms with E-state index in [1.807, 2.05) is 6.07 Å². The number of carboxylic acids is 1. The molecule has 1 aromatic carbocycles. The van der Waals surface area contributed by atoms with Crippen LogP contribution in [-0.2, 0) is 14.4 Å². The average molecular weight is 332 g/mol. The van der Waals surface area contributed by atoms with Gasteiger partial charge in [0, 0.05) is 37.8 Å². The molecule has 2 aliphatic rings. The molecule has 0 aromatic heterocycles. The highest BCUT2D eigenvalue weighted by Crippen LogP contribution is 2.25. The number of amides is 2. The van der Waals surface area contributed by atoms with Gasteiger partial charge in [0.15, 0.2) is 6.61 Å². The third-order valence-corrected chi connectivity index (χ3v) is 4.46. The molecule has 1 atom stereocenters. The van der Waals surface area contributed by atoms with Crippen molar-refractivity contribution >= 4 is 23.5 Å². The fourth-order valence-electron chi connectivity index (χ4n) is 3.09. The van der Waals surface area contributed by atoms with Crippen LogP contribution in [0.1, 0.15) is 19.3 Å². The molecule has 3 rings (SSSR count). The zero-order valence-electron chi connectivity index (χ0n) is 13.3. The zero-order chi connectivity index (χ0) is 17.1. The van der Waals surface area contributed by atoms with Gasteiger partial charge in [-0.3, -0.25) is 14.4 Å². The molecule has 2 heterocycles. The van der Waals surface area contributed by atoms with Crippen molar-refractivity contribution in [3.63, 3.8) is 0 Å². The van der Waals surface area contributed by atoms with Gasteiger partial charge in [0.2, 0.25) is 5.91 Å². The Bertz CT molecular complexity index is 660. The standard InChI is InChI=1S/C17H20N2O5/c20-15-5-2-7-19(15)13-3-1-4-14(9-13)24-11-16(21)18-8-6-12(10-18)17(22)23/h1,3-4,9,12H,2,5-8,10-11H2,(H,22,23)/t12-/m0/s1. The van der Waals surface area contributed by atoms with E-state index in [1.165, 1.54) is 4.90 Å². The minimum absolute atomic E-state index is 0.0972. The molecule has 2 saturated heterocycles. The molecule has 1 aromatic rings. The summed E-state index contributed by atoms with van der Waals surface area (Å²) in [4.78, 5) is 38.1. The fraction of sp³-hybridized carbons (Fsp3) is 0.471. The molecule has 2 amide bonds. The van der Waals surface area contributed by atoms with Crippen molar-refractivity contribution in [3.8, 4) is 5.75 Å². The van der Waals surface area contributed by atoms with E-state index in [0.29, 0.717) is 31.7 Å². The Kier molecular flexibility index (Phi) is 4.69. The molecule has 0 saturated carbocycles. The quantitative estimate of drug-likeness (QED) is 0.873. The Morgan fingerprint density at radius 3 is 2.79 bits per heavy atom. The number of carbonyl (C=O) groups excluding carboxylic acids is 2. The van der Waals surface area contributed by atoms with Crippen molar-refractivity contribution in [2.75, 3.05) is 31.1 Å². The van der Waals surface area contributed by atoms with E-state index < -0.39 is 11.9 Å². The summed E-state index contributed by atoms with van der Waals surface area (Å²) in [5, 5.41) is 8.98. The predicted molar refractivity (Wildman–Crippen MR) is 85.8 cm³/mol. The molecule has 0 radical (unpaired) electrons. The molecular formula is C17H20N2O5. The van der Waals surface area contributed by atoms with Crippen molar-refractivity contribution in [2.24, 2.45) is 5.92 Å². The van der Waals surface area contributed by atoms with Gasteiger partial charge in [-0.05, 0) is 25.0 Å². The van der Waals surface area contributed by atoms with Crippen molar-refractivity contribution in [1.29, 1.82) is 0 Å². The minimum atomic E-state index is -0.866. The second kappa shape index (κ2) is 6.90. The summed E-state index contributed by atoms with van der Waals surface area (Å²) >= 11 is 0. The molecule has 7 heteroatoms. The smallest absolute Gasteiger partial charge is 0.308 e. The van der Waals surface area contributed by atoms with Gasteiger partial charge < -0.3 is 19.6 Å². The predicted octanol–water partition coefficient (Wildman–Crippen LogP) is 1.13. The molecule has 128 valence electrons. The zero-order valence-corrected chi connectivity index (χ0v) is 13.3. The fourth-order valence-corrected chi connectivity index (χ4v) is 3.09. The van der Waals surface area contributed by atoms with Crippen LogP contribution in [0.2, 0.25) is 0 Å². The molecule has 24 heavy (non-hydrogen) atoms. The second-order valence-corrected chi connectivity index (χ2v) is 6.10. The lowest BCUT2D eigenvalue weighted by molar-refractivity contribution is -0.141. The van der Waals surface area contributed by atoms with Crippen LogP contribution in [-0.4, -0.2) is 54.0 Å². The lowest BCUT2D eigenvalue weighted by Gasteiger charge is -2.18. The number of hydrogen-bond donors (Lipinski definition) is 1. The van der Waals surface area contributed by atoms with Crippen molar-refractivity contribution in [1.82, 2.24) is 4.90 Å². The van der Waals surface area contributed by atoms with Crippen LogP contribution in [0.5, 0.6) is 5.75 Å². The number of likely N-dealkylation sites (tertiary alicyclic amines) is 1. The largest absolute Gasteiger partial charge is 0.484 e. The van der Waals surface area contributed by atoms with E-state index in [4.69, 9.17) is 9.84 Å². The van der Waals surface area contributed by atoms with E-state index in [2.05, 4.69) is 0 Å². The molecule has 0 aliphatic carbocycles. The van der Waals surface area contributed by atoms with Gasteiger partial charge in [0.05, 0.1) is 5.92 Å². The van der Waals surface area contributed by atoms with Crippen molar-refractivity contribution in [3.05, 3.63) is 24.3 Å². The van der Waals surface area contributed by atoms with Crippen LogP contribution in [0, 0.1) is 5.92 Å². The Morgan fingerprint density at radius 2 is 2.12 bits per heavy atom. The van der Waals surface area contributed by atoms with Crippen LogP contribution in [0.3, 0.4) is 0 Å². The number of nitrogens with zero attached hydrogens (tertiary/aromatic N) is 2. The van der Waals surface area contributed by atoms with Gasteiger partial charge in [0.25, 0.3) is 5.91 Å². The molecular weight excluding hydrogens is 312 g/mol. The van der Waals surface area contributed by atoms with E-state index in [-0.39, 0.29) is 25.0 Å². The first-order chi connectivity index (χ1) is 11.5. The summed E-state index contributed by atoms with van der Waals surface area (Å²) in [5.74, 6) is -0.955. The van der Waals surface area contributed by atoms with Crippen LogP contribution in [0.4, 0.5) is 5.69 Å². The van der Waals surface area contributed by atoms with Gasteiger partial charge in [-0.25, -0.2) is 0 Å². The van der Waals surface area contributed by atoms with Crippen molar-refractivity contribution < 1.29 is 24.2 Å². The summed E-state index contributed by atoms with van der Waals surface area (Å²) in [5.41, 5.74) is 0.773. The number of benzene rings is 1. The number of aliphatic carboxylic acids is 1. The lowest BCUT2D eigenvalue weighted by Crippen LogP contribution is -2.33. The number of rotatable bonds is 5. The lowest BCUT2D eigenvalue weighted by atomic mass is 10.1. The van der Waals surface area contributed by atoms with Crippen LogP contribution < -0.4 is 9.64 Å². The SMILES string of the molecule is O=C(O)[C@H]1CCN(C(=O)COc2cccc(N3CCCC3=O)c2)C1. The molecule has 7 nitrogen and oxygen atoms in total. The van der Waals surface area contributed by atoms with Gasteiger partial charge in [-0.15, -0.1) is 0 Å². The molecule has 2 aliphatic heterocycles. The molecule has 0 spiro atoms. The summed E-state index contributed by atoms with van der Waals surface area (Å²) < 4.78 is 5.53. The second-order valence-electron chi connectivity index (χ2n) is 6.10. The van der Waals surface area contributed by atoms with Gasteiger partial charge in [0.1, 0.15) is 5.75 Å². The van der Waals surface area contributed by atoms with Crippen LogP contribution in [0.15, 0.2) is 24.3 Å². The Morgan fingerprint density at radius 1 is 1.29 bits per heavy atom. The van der Waals surface area contributed by atoms with Crippen molar-refractivity contribution in [2.45, 2.75) is 19.3 Å². The van der Waals surface area contributed by atoms with Crippen LogP contribution in [0.25, 0.3) is 0 Å². The maximum absolute atomic E-state index is 12.1. The number of carboxylic acid groups (broad SMARTS) is 1. The summed E-state index contributed by atoms with van der Waals surface area (Å²) in [6.07, 6.45) is 1.89. The van der Waals surface area contributed by atoms with E-state index in [9.17, 15) is 14.4 Å². The Hall–Kier alpha value is -2.57. The van der Waals surface area contributed by atoms with Gasteiger partial charge in [-0.1, -0.05) is 6.07 Å². The third kappa shape index (κ3) is 3.50. The number of carbonyl (C=O) groups is 3. The monoisotopic (exact) mass is 332 g/mol. The van der Waals surface area contributed by atoms with Gasteiger partial charge in [-0.2, -0.15) is 0 Å². The first-order valence-corrected chi connectivity index (χ1v) is 8.08. The molecule has 2 fully saturated rings. The highest BCUT2D eigenvalue weighted by Gasteiger charge is 2.31. The Labute approximate surface area is 139 Å². The first kappa shape index (κ1) is 16.3. The first-order valence-electron chi connectivity index (χ1n) is 8.08. The normalized spacial score (nSPS) is 20.5. The summed E-state index contributed by atoms with van der Waals surface area (Å²) in [6.45, 7) is 1.25. The summed E-state index contributed by atoms with van der Waals surface area (Å²) in [7, 11) is 0. The summed E-state index contributed by atoms with van der Waals surface area (Å²) in [6, 6.07) is 7.12. The van der Waals surface area contributed by atoms with E-state index in [0.717, 1.165) is 12.1 Å².